The first-order chi connectivity index (χ1) is 13.1. The Labute approximate surface area is 159 Å². The summed E-state index contributed by atoms with van der Waals surface area (Å²) in [6, 6.07) is 9.68. The fourth-order valence-corrected chi connectivity index (χ4v) is 3.99. The van der Waals surface area contributed by atoms with Crippen LogP contribution in [0.1, 0.15) is 5.56 Å². The number of fused-ring (bicyclic) bond motifs is 2. The lowest BCUT2D eigenvalue weighted by atomic mass is 10.1. The van der Waals surface area contributed by atoms with Crippen LogP contribution in [0.5, 0.6) is 11.5 Å². The first-order valence-electron chi connectivity index (χ1n) is 8.50. The third kappa shape index (κ3) is 3.64. The minimum atomic E-state index is -0.329. The van der Waals surface area contributed by atoms with Gasteiger partial charge in [0.05, 0.1) is 16.6 Å². The van der Waals surface area contributed by atoms with Crippen LogP contribution >= 0.6 is 11.3 Å². The summed E-state index contributed by atoms with van der Waals surface area (Å²) in [5.41, 5.74) is 1.64. The topological polar surface area (TPSA) is 52.8 Å². The van der Waals surface area contributed by atoms with E-state index in [1.165, 1.54) is 23.5 Å². The molecule has 0 unspecified atom stereocenters. The maximum atomic E-state index is 13.0. The quantitative estimate of drug-likeness (QED) is 0.648. The number of benzene rings is 2. The molecule has 0 radical (unpaired) electrons. The Kier molecular flexibility index (Phi) is 4.77. The first-order valence-corrected chi connectivity index (χ1v) is 9.31. The fraction of sp³-hybridized carbons (Fsp3) is 0.200. The molecule has 1 aliphatic heterocycles. The normalized spacial score (nSPS) is 13.7. The Morgan fingerprint density at radius 3 is 2.63 bits per heavy atom. The minimum absolute atomic E-state index is 0.116. The third-order valence-corrected chi connectivity index (χ3v) is 5.19. The molecule has 3 aromatic rings. The summed E-state index contributed by atoms with van der Waals surface area (Å²) in [5, 5.41) is 0. The van der Waals surface area contributed by atoms with Gasteiger partial charge in [-0.05, 0) is 17.7 Å². The second kappa shape index (κ2) is 7.36. The predicted molar refractivity (Wildman–Crippen MR) is 102 cm³/mol. The number of nitrogens with zero attached hydrogens (tertiary/aromatic N) is 2. The van der Waals surface area contributed by atoms with Gasteiger partial charge in [0.1, 0.15) is 19.0 Å². The molecule has 5 nitrogen and oxygen atoms in total. The maximum Gasteiger partial charge on any atom is 0.252 e. The lowest BCUT2D eigenvalue weighted by Crippen LogP contribution is -2.17. The number of rotatable bonds is 4. The van der Waals surface area contributed by atoms with Crippen LogP contribution in [0.4, 0.5) is 4.39 Å². The highest BCUT2D eigenvalue weighted by Gasteiger charge is 2.16. The molecule has 0 saturated carbocycles. The second-order valence-electron chi connectivity index (χ2n) is 6.06. The highest BCUT2D eigenvalue weighted by molar-refractivity contribution is 7.16. The molecule has 0 spiro atoms. The smallest absolute Gasteiger partial charge is 0.252 e. The van der Waals surface area contributed by atoms with Gasteiger partial charge in [-0.15, -0.1) is 6.58 Å². The molecule has 0 saturated heterocycles. The zero-order valence-corrected chi connectivity index (χ0v) is 15.3. The van der Waals surface area contributed by atoms with E-state index in [-0.39, 0.29) is 18.1 Å². The highest BCUT2D eigenvalue weighted by Crippen LogP contribution is 2.35. The van der Waals surface area contributed by atoms with Crippen molar-refractivity contribution in [2.24, 2.45) is 4.99 Å². The number of ether oxygens (including phenoxy) is 2. The molecule has 0 atom stereocenters. The Bertz CT molecular complexity index is 1080. The Balaban J connectivity index is 1.73. The minimum Gasteiger partial charge on any atom is -0.486 e. The number of carbonyl (C=O) groups is 1. The van der Waals surface area contributed by atoms with Gasteiger partial charge >= 0.3 is 0 Å². The molecule has 27 heavy (non-hydrogen) atoms. The summed E-state index contributed by atoms with van der Waals surface area (Å²) in [4.78, 5) is 17.3. The lowest BCUT2D eigenvalue weighted by Gasteiger charge is -2.18. The molecule has 1 aliphatic rings. The van der Waals surface area contributed by atoms with Gasteiger partial charge in [0, 0.05) is 18.7 Å². The van der Waals surface area contributed by atoms with E-state index in [0.29, 0.717) is 36.1 Å². The van der Waals surface area contributed by atoms with Crippen LogP contribution in [0.25, 0.3) is 10.2 Å². The van der Waals surface area contributed by atoms with Crippen LogP contribution in [0, 0.1) is 5.82 Å². The molecule has 2 heterocycles. The Morgan fingerprint density at radius 2 is 1.93 bits per heavy atom. The van der Waals surface area contributed by atoms with Crippen LogP contribution in [0.3, 0.4) is 0 Å². The van der Waals surface area contributed by atoms with Crippen molar-refractivity contribution < 1.29 is 18.7 Å². The number of thiazole rings is 1. The summed E-state index contributed by atoms with van der Waals surface area (Å²) in [7, 11) is 0. The van der Waals surface area contributed by atoms with Gasteiger partial charge in [-0.2, -0.15) is 4.99 Å². The molecular formula is C20H17FN2O3S. The summed E-state index contributed by atoms with van der Waals surface area (Å²) >= 11 is 1.41. The summed E-state index contributed by atoms with van der Waals surface area (Å²) in [5.74, 6) is 0.770. The largest absolute Gasteiger partial charge is 0.486 e. The predicted octanol–water partition coefficient (Wildman–Crippen LogP) is 3.47. The van der Waals surface area contributed by atoms with Crippen molar-refractivity contribution in [2.75, 3.05) is 13.2 Å². The maximum absolute atomic E-state index is 13.0. The zero-order valence-electron chi connectivity index (χ0n) is 14.5. The van der Waals surface area contributed by atoms with Crippen LogP contribution in [-0.4, -0.2) is 23.7 Å². The molecule has 0 aliphatic carbocycles. The highest BCUT2D eigenvalue weighted by atomic mass is 32.1. The van der Waals surface area contributed by atoms with Gasteiger partial charge in [-0.3, -0.25) is 4.79 Å². The number of amides is 1. The van der Waals surface area contributed by atoms with E-state index in [1.54, 1.807) is 18.2 Å². The van der Waals surface area contributed by atoms with Gasteiger partial charge in [0.15, 0.2) is 16.3 Å². The van der Waals surface area contributed by atoms with Crippen molar-refractivity contribution in [2.45, 2.75) is 13.0 Å². The Hall–Kier alpha value is -2.93. The van der Waals surface area contributed by atoms with E-state index in [1.807, 2.05) is 16.7 Å². The van der Waals surface area contributed by atoms with Crippen LogP contribution in [0.2, 0.25) is 0 Å². The third-order valence-electron chi connectivity index (χ3n) is 4.15. The Morgan fingerprint density at radius 1 is 1.22 bits per heavy atom. The molecule has 2 aromatic carbocycles. The van der Waals surface area contributed by atoms with Crippen LogP contribution < -0.4 is 14.3 Å². The molecule has 0 fully saturated rings. The average molecular weight is 384 g/mol. The molecule has 138 valence electrons. The van der Waals surface area contributed by atoms with Crippen molar-refractivity contribution in [1.82, 2.24) is 4.57 Å². The van der Waals surface area contributed by atoms with Crippen molar-refractivity contribution in [3.05, 3.63) is 65.2 Å². The van der Waals surface area contributed by atoms with E-state index in [2.05, 4.69) is 11.6 Å². The van der Waals surface area contributed by atoms with Gasteiger partial charge in [0.2, 0.25) is 0 Å². The standard InChI is InChI=1S/C20H17FN2O3S/c1-2-7-23-15-11-16-17(26-9-8-25-16)12-18(15)27-20(23)22-19(24)10-13-3-5-14(21)6-4-13/h2-6,11-12H,1,7-10H2. The molecule has 0 bridgehead atoms. The van der Waals surface area contributed by atoms with Gasteiger partial charge in [0.25, 0.3) is 5.91 Å². The van der Waals surface area contributed by atoms with E-state index >= 15 is 0 Å². The summed E-state index contributed by atoms with van der Waals surface area (Å²) in [6.45, 7) is 5.34. The van der Waals surface area contributed by atoms with E-state index in [0.717, 1.165) is 15.8 Å². The SMILES string of the molecule is C=CCn1c(=NC(=O)Cc2ccc(F)cc2)sc2cc3c(cc21)OCCO3. The molecule has 4 rings (SSSR count). The monoisotopic (exact) mass is 384 g/mol. The van der Waals surface area contributed by atoms with E-state index < -0.39 is 0 Å². The van der Waals surface area contributed by atoms with E-state index in [4.69, 9.17) is 9.47 Å². The second-order valence-corrected chi connectivity index (χ2v) is 7.07. The summed E-state index contributed by atoms with van der Waals surface area (Å²) in [6.07, 6.45) is 1.87. The molecule has 1 amide bonds. The summed E-state index contributed by atoms with van der Waals surface area (Å²) < 4.78 is 27.2. The number of hydrogen-bond acceptors (Lipinski definition) is 4. The zero-order chi connectivity index (χ0) is 18.8. The number of allylic oxidation sites excluding steroid dienone is 1. The van der Waals surface area contributed by atoms with Crippen LogP contribution in [0.15, 0.2) is 54.0 Å². The van der Waals surface area contributed by atoms with Gasteiger partial charge < -0.3 is 14.0 Å². The molecular weight excluding hydrogens is 367 g/mol. The lowest BCUT2D eigenvalue weighted by molar-refractivity contribution is -0.117. The molecule has 1 aromatic heterocycles. The van der Waals surface area contributed by atoms with E-state index in [9.17, 15) is 9.18 Å². The van der Waals surface area contributed by atoms with Gasteiger partial charge in [-0.25, -0.2) is 4.39 Å². The van der Waals surface area contributed by atoms with Gasteiger partial charge in [-0.1, -0.05) is 29.5 Å². The molecule has 0 N–H and O–H groups in total. The van der Waals surface area contributed by atoms with Crippen molar-refractivity contribution in [3.63, 3.8) is 0 Å². The number of aromatic nitrogens is 1. The number of halogens is 1. The number of hydrogen-bond donors (Lipinski definition) is 0. The van der Waals surface area contributed by atoms with Crippen molar-refractivity contribution >= 4 is 27.5 Å². The van der Waals surface area contributed by atoms with Crippen molar-refractivity contribution in [1.29, 1.82) is 0 Å². The van der Waals surface area contributed by atoms with Crippen molar-refractivity contribution in [3.8, 4) is 11.5 Å². The molecule has 7 heteroatoms. The number of carbonyl (C=O) groups excluding carboxylic acids is 1. The van der Waals surface area contributed by atoms with Crippen LogP contribution in [-0.2, 0) is 17.8 Å². The first kappa shape index (κ1) is 17.5. The fourth-order valence-electron chi connectivity index (χ4n) is 2.92. The average Bonchev–Trinajstić information content (AvgIpc) is 2.98.